The third-order valence-electron chi connectivity index (χ3n) is 5.11. The zero-order valence-corrected chi connectivity index (χ0v) is 17.6. The summed E-state index contributed by atoms with van der Waals surface area (Å²) in [6, 6.07) is 17.5. The minimum Gasteiger partial charge on any atom is -0.322 e. The lowest BCUT2D eigenvalue weighted by atomic mass is 10.1. The number of carbonyl (C=O) groups is 2. The van der Waals surface area contributed by atoms with Gasteiger partial charge < -0.3 is 5.32 Å². The summed E-state index contributed by atoms with van der Waals surface area (Å²) in [7, 11) is 0. The molecule has 1 fully saturated rings. The van der Waals surface area contributed by atoms with E-state index in [2.05, 4.69) is 12.2 Å². The van der Waals surface area contributed by atoms with Crippen LogP contribution in [0, 0.1) is 11.6 Å². The number of hydrogen-bond donors (Lipinski definition) is 1. The Morgan fingerprint density at radius 2 is 1.77 bits per heavy atom. The van der Waals surface area contributed by atoms with Crippen molar-refractivity contribution < 1.29 is 18.4 Å². The van der Waals surface area contributed by atoms with Gasteiger partial charge in [-0.3, -0.25) is 14.5 Å². The third kappa shape index (κ3) is 4.46. The van der Waals surface area contributed by atoms with E-state index >= 15 is 0 Å². The van der Waals surface area contributed by atoms with E-state index in [1.54, 1.807) is 36.4 Å². The number of nitrogens with zero attached hydrogens (tertiary/aromatic N) is 1. The Balaban J connectivity index is 1.52. The summed E-state index contributed by atoms with van der Waals surface area (Å²) in [6.07, 6.45) is 0.904. The molecular weight excluding hydrogens is 418 g/mol. The van der Waals surface area contributed by atoms with Gasteiger partial charge in [0.05, 0.1) is 11.4 Å². The second-order valence-electron chi connectivity index (χ2n) is 7.15. The number of rotatable bonds is 5. The van der Waals surface area contributed by atoms with Crippen LogP contribution < -0.4 is 10.2 Å². The molecule has 1 saturated heterocycles. The Kier molecular flexibility index (Phi) is 6.04. The number of nitrogens with one attached hydrogen (secondary N) is 1. The number of anilines is 2. The molecule has 0 bridgehead atoms. The number of carbonyl (C=O) groups excluding carboxylic acids is 2. The van der Waals surface area contributed by atoms with Crippen LogP contribution in [0.25, 0.3) is 0 Å². The monoisotopic (exact) mass is 438 g/mol. The molecule has 0 aromatic heterocycles. The summed E-state index contributed by atoms with van der Waals surface area (Å²) in [5, 5.41) is 2.37. The topological polar surface area (TPSA) is 49.4 Å². The van der Waals surface area contributed by atoms with Crippen LogP contribution in [0.3, 0.4) is 0 Å². The van der Waals surface area contributed by atoms with Gasteiger partial charge in [0.15, 0.2) is 0 Å². The van der Waals surface area contributed by atoms with Crippen molar-refractivity contribution in [1.29, 1.82) is 0 Å². The zero-order valence-electron chi connectivity index (χ0n) is 16.8. The van der Waals surface area contributed by atoms with Crippen LogP contribution in [0.15, 0.2) is 66.7 Å². The lowest BCUT2D eigenvalue weighted by Crippen LogP contribution is -2.28. The Bertz CT molecular complexity index is 1120. The minimum absolute atomic E-state index is 0.0760. The standard InChI is InChI=1S/C24H20F2N2O2S/c1-2-15-3-5-16(6-4-15)23(30)27-19-10-7-17(8-11-19)24-28(22(29)14-31-24)21-13-18(25)9-12-20(21)26/h3-13,24H,2,14H2,1H3,(H,27,30)/t24-/m0/s1. The number of amides is 2. The van der Waals surface area contributed by atoms with Gasteiger partial charge in [0.2, 0.25) is 5.91 Å². The lowest BCUT2D eigenvalue weighted by molar-refractivity contribution is -0.115. The molecule has 1 aliphatic rings. The Morgan fingerprint density at radius 3 is 2.45 bits per heavy atom. The van der Waals surface area contributed by atoms with Crippen LogP contribution >= 0.6 is 11.8 Å². The zero-order chi connectivity index (χ0) is 22.0. The molecule has 31 heavy (non-hydrogen) atoms. The van der Waals surface area contributed by atoms with Crippen LogP contribution in [0.1, 0.15) is 33.8 Å². The van der Waals surface area contributed by atoms with Crippen LogP contribution in [0.4, 0.5) is 20.2 Å². The van der Waals surface area contributed by atoms with E-state index < -0.39 is 17.0 Å². The van der Waals surface area contributed by atoms with E-state index in [0.29, 0.717) is 11.3 Å². The molecule has 1 N–H and O–H groups in total. The molecule has 0 aliphatic carbocycles. The molecule has 1 aliphatic heterocycles. The van der Waals surface area contributed by atoms with Crippen molar-refractivity contribution in [3.8, 4) is 0 Å². The second kappa shape index (κ2) is 8.89. The smallest absolute Gasteiger partial charge is 0.255 e. The Hall–Kier alpha value is -3.19. The highest BCUT2D eigenvalue weighted by molar-refractivity contribution is 8.00. The van der Waals surface area contributed by atoms with E-state index in [1.165, 1.54) is 16.7 Å². The molecule has 0 unspecified atom stereocenters. The average molecular weight is 438 g/mol. The predicted molar refractivity (Wildman–Crippen MR) is 119 cm³/mol. The van der Waals surface area contributed by atoms with Crippen LogP contribution in [0.2, 0.25) is 0 Å². The van der Waals surface area contributed by atoms with Crippen LogP contribution in [-0.2, 0) is 11.2 Å². The fourth-order valence-corrected chi connectivity index (χ4v) is 4.60. The van der Waals surface area contributed by atoms with Crippen molar-refractivity contribution in [2.45, 2.75) is 18.7 Å². The summed E-state index contributed by atoms with van der Waals surface area (Å²) in [6.45, 7) is 2.05. The van der Waals surface area contributed by atoms with E-state index in [-0.39, 0.29) is 23.3 Å². The summed E-state index contributed by atoms with van der Waals surface area (Å²) in [5.74, 6) is -1.59. The van der Waals surface area contributed by atoms with Gasteiger partial charge in [-0.05, 0) is 53.9 Å². The molecule has 4 nitrogen and oxygen atoms in total. The minimum atomic E-state index is -0.653. The maximum Gasteiger partial charge on any atom is 0.255 e. The van der Waals surface area contributed by atoms with Gasteiger partial charge in [0.25, 0.3) is 5.91 Å². The molecule has 0 saturated carbocycles. The predicted octanol–water partition coefficient (Wildman–Crippen LogP) is 5.56. The van der Waals surface area contributed by atoms with E-state index in [1.807, 2.05) is 12.1 Å². The average Bonchev–Trinajstić information content (AvgIpc) is 3.17. The quantitative estimate of drug-likeness (QED) is 0.568. The first-order valence-electron chi connectivity index (χ1n) is 9.85. The van der Waals surface area contributed by atoms with Gasteiger partial charge in [0, 0.05) is 17.3 Å². The normalized spacial score (nSPS) is 15.9. The maximum atomic E-state index is 14.3. The molecule has 1 heterocycles. The summed E-state index contributed by atoms with van der Waals surface area (Å²) in [5.41, 5.74) is 3.00. The molecule has 0 radical (unpaired) electrons. The first-order chi connectivity index (χ1) is 15.0. The van der Waals surface area contributed by atoms with Crippen molar-refractivity contribution >= 4 is 35.0 Å². The molecule has 1 atom stereocenters. The molecule has 4 rings (SSSR count). The van der Waals surface area contributed by atoms with E-state index in [0.717, 1.165) is 35.7 Å². The molecule has 3 aromatic rings. The highest BCUT2D eigenvalue weighted by atomic mass is 32.2. The van der Waals surface area contributed by atoms with E-state index in [9.17, 15) is 18.4 Å². The Morgan fingerprint density at radius 1 is 1.06 bits per heavy atom. The summed E-state index contributed by atoms with van der Waals surface area (Å²) in [4.78, 5) is 26.1. The first kappa shape index (κ1) is 21.1. The van der Waals surface area contributed by atoms with Crippen molar-refractivity contribution in [3.63, 3.8) is 0 Å². The molecular formula is C24H20F2N2O2S. The molecule has 7 heteroatoms. The lowest BCUT2D eigenvalue weighted by Gasteiger charge is -2.25. The van der Waals surface area contributed by atoms with Gasteiger partial charge in [-0.2, -0.15) is 0 Å². The van der Waals surface area contributed by atoms with Crippen LogP contribution in [0.5, 0.6) is 0 Å². The highest BCUT2D eigenvalue weighted by Gasteiger charge is 2.35. The number of halogens is 2. The fraction of sp³-hybridized carbons (Fsp3) is 0.167. The van der Waals surface area contributed by atoms with Crippen molar-refractivity contribution in [3.05, 3.63) is 95.1 Å². The van der Waals surface area contributed by atoms with Gasteiger partial charge in [-0.25, -0.2) is 8.78 Å². The first-order valence-corrected chi connectivity index (χ1v) is 10.9. The van der Waals surface area contributed by atoms with Crippen molar-refractivity contribution in [2.24, 2.45) is 0 Å². The van der Waals surface area contributed by atoms with E-state index in [4.69, 9.17) is 0 Å². The van der Waals surface area contributed by atoms with Crippen LogP contribution in [-0.4, -0.2) is 17.6 Å². The number of aryl methyl sites for hydroxylation is 1. The molecule has 3 aromatic carbocycles. The van der Waals surface area contributed by atoms with Crippen molar-refractivity contribution in [2.75, 3.05) is 16.0 Å². The Labute approximate surface area is 183 Å². The fourth-order valence-electron chi connectivity index (χ4n) is 3.43. The maximum absolute atomic E-state index is 14.3. The number of hydrogen-bond acceptors (Lipinski definition) is 3. The molecule has 2 amide bonds. The van der Waals surface area contributed by atoms with Gasteiger partial charge in [-0.1, -0.05) is 31.2 Å². The summed E-state index contributed by atoms with van der Waals surface area (Å²) >= 11 is 1.34. The SMILES string of the molecule is CCc1ccc(C(=O)Nc2ccc([C@@H]3SCC(=O)N3c3cc(F)ccc3F)cc2)cc1. The largest absolute Gasteiger partial charge is 0.322 e. The van der Waals surface area contributed by atoms with Gasteiger partial charge >= 0.3 is 0 Å². The molecule has 0 spiro atoms. The van der Waals surface area contributed by atoms with Crippen molar-refractivity contribution in [1.82, 2.24) is 0 Å². The highest BCUT2D eigenvalue weighted by Crippen LogP contribution is 2.42. The summed E-state index contributed by atoms with van der Waals surface area (Å²) < 4.78 is 27.9. The van der Waals surface area contributed by atoms with Gasteiger partial charge in [-0.15, -0.1) is 11.8 Å². The molecule has 158 valence electrons. The number of benzene rings is 3. The second-order valence-corrected chi connectivity index (χ2v) is 8.22. The van der Waals surface area contributed by atoms with Gasteiger partial charge in [0.1, 0.15) is 17.0 Å². The third-order valence-corrected chi connectivity index (χ3v) is 6.33. The number of thioether (sulfide) groups is 1.